The molecule has 2 aliphatic rings. The van der Waals surface area contributed by atoms with Crippen LogP contribution in [0.15, 0.2) is 35.3 Å². The molecular formula is C46H65Cl2FN11O8PS. The first-order valence-corrected chi connectivity index (χ1v) is 26.3. The van der Waals surface area contributed by atoms with Crippen LogP contribution in [0.1, 0.15) is 71.8 Å². The number of hydrogen-bond donors (Lipinski definition) is 5. The Morgan fingerprint density at radius 3 is 2.47 bits per heavy atom. The molecule has 0 spiro atoms. The van der Waals surface area contributed by atoms with Gasteiger partial charge in [-0.3, -0.25) is 23.8 Å². The molecule has 6 rings (SSSR count). The summed E-state index contributed by atoms with van der Waals surface area (Å²) >= 11 is 12.7. The molecular weight excluding hydrogens is 988 g/mol. The molecule has 0 aliphatic carbocycles. The molecule has 2 amide bonds. The monoisotopic (exact) mass is 1050 g/mol. The molecule has 4 heterocycles. The van der Waals surface area contributed by atoms with Gasteiger partial charge in [-0.1, -0.05) is 44.9 Å². The summed E-state index contributed by atoms with van der Waals surface area (Å²) in [6.07, 6.45) is 7.09. The van der Waals surface area contributed by atoms with Gasteiger partial charge in [-0.15, -0.1) is 18.0 Å². The Morgan fingerprint density at radius 2 is 1.89 bits per heavy atom. The first kappa shape index (κ1) is 59.1. The van der Waals surface area contributed by atoms with E-state index in [1.54, 1.807) is 12.0 Å². The summed E-state index contributed by atoms with van der Waals surface area (Å²) in [4.78, 5) is 63.4. The number of terminal acetylenes is 1. The van der Waals surface area contributed by atoms with Gasteiger partial charge < -0.3 is 45.3 Å². The molecule has 3 unspecified atom stereocenters. The number of halogens is 3. The zero-order valence-corrected chi connectivity index (χ0v) is 44.5. The summed E-state index contributed by atoms with van der Waals surface area (Å²) in [5.41, 5.74) is 8.98. The van der Waals surface area contributed by atoms with Gasteiger partial charge >= 0.3 is 5.97 Å². The van der Waals surface area contributed by atoms with E-state index in [9.17, 15) is 23.3 Å². The van der Waals surface area contributed by atoms with Gasteiger partial charge in [0.2, 0.25) is 27.9 Å². The van der Waals surface area contributed by atoms with E-state index in [0.29, 0.717) is 34.7 Å². The van der Waals surface area contributed by atoms with Crippen molar-refractivity contribution >= 4 is 88.8 Å². The summed E-state index contributed by atoms with van der Waals surface area (Å²) in [6, 6.07) is 8.04. The standard InChI is InChI=1S/C18H17FN4O2S.C15H22ClNO2.C8H14ClN5.C5H12NO4P/c1-4-5-22-13-7-12(11(19)6-14(13)25-9-16(22)24)20-17-23-10-18(2,3)8-15(23)21-26-17;1-5-13-8-6-7-11(2)15(13)17(14(18)9-16)12(3)10-19-4;1-4-10-7-12-6(9)13-8(14-7)11-5(2)3;1-11(9,10)3-2-4(6)5(7)8/h1,6-7H,5,8-10H2,2-3H3;6-8,12H,5,9-10H2,1-4H3;5H,4H2,1-3H3,(H2,10,11,12,13,14);4H,2-3,6H2,1H3,(H,7,8)(H,9,10)/b20-17-;;;. The summed E-state index contributed by atoms with van der Waals surface area (Å²) in [7, 11) is -1.47. The summed E-state index contributed by atoms with van der Waals surface area (Å²) in [5.74, 6) is 2.66. The Labute approximate surface area is 423 Å². The number of nitrogens with one attached hydrogen (secondary N) is 2. The lowest BCUT2D eigenvalue weighted by Crippen LogP contribution is -2.43. The van der Waals surface area contributed by atoms with Gasteiger partial charge in [-0.2, -0.15) is 19.3 Å². The lowest BCUT2D eigenvalue weighted by atomic mass is 9.92. The number of aryl methyl sites for hydroxylation is 2. The number of benzene rings is 2. The van der Waals surface area contributed by atoms with Crippen LogP contribution < -0.4 is 35.7 Å². The van der Waals surface area contributed by atoms with E-state index in [1.165, 1.54) is 35.2 Å². The number of hydrogen-bond acceptors (Lipinski definition) is 15. The molecule has 24 heteroatoms. The zero-order valence-electron chi connectivity index (χ0n) is 41.3. The van der Waals surface area contributed by atoms with Crippen LogP contribution in [0, 0.1) is 30.5 Å². The summed E-state index contributed by atoms with van der Waals surface area (Å²) in [6.45, 7) is 19.5. The number of aliphatic carboxylic acids is 1. The number of alkyl halides is 1. The van der Waals surface area contributed by atoms with Crippen LogP contribution in [-0.2, 0) is 43.1 Å². The topological polar surface area (TPSA) is 253 Å². The van der Waals surface area contributed by atoms with Crippen molar-refractivity contribution in [3.05, 3.63) is 63.2 Å². The van der Waals surface area contributed by atoms with Gasteiger partial charge in [-0.25, -0.2) is 9.38 Å². The third-order valence-electron chi connectivity index (χ3n) is 10.1. The van der Waals surface area contributed by atoms with Crippen LogP contribution in [0.2, 0.25) is 5.28 Å². The average molecular weight is 1050 g/mol. The van der Waals surface area contributed by atoms with Gasteiger partial charge in [0, 0.05) is 63.1 Å². The highest BCUT2D eigenvalue weighted by Crippen LogP contribution is 2.38. The predicted molar refractivity (Wildman–Crippen MR) is 275 cm³/mol. The molecule has 19 nitrogen and oxygen atoms in total. The summed E-state index contributed by atoms with van der Waals surface area (Å²) in [5, 5.41) is 14.5. The van der Waals surface area contributed by atoms with Crippen LogP contribution in [0.25, 0.3) is 0 Å². The van der Waals surface area contributed by atoms with Gasteiger partial charge in [0.25, 0.3) is 5.91 Å². The van der Waals surface area contributed by atoms with Crippen molar-refractivity contribution in [1.82, 2.24) is 23.9 Å². The van der Waals surface area contributed by atoms with Gasteiger partial charge in [0.15, 0.2) is 19.8 Å². The molecule has 0 saturated heterocycles. The minimum Gasteiger partial charge on any atom is -0.481 e. The van der Waals surface area contributed by atoms with Gasteiger partial charge in [0.1, 0.15) is 29.2 Å². The number of amides is 2. The minimum absolute atomic E-state index is 0.0223. The normalized spacial score (nSPS) is 15.2. The second-order valence-electron chi connectivity index (χ2n) is 17.4. The number of nitrogens with zero attached hydrogens (tertiary/aromatic N) is 8. The fourth-order valence-electron chi connectivity index (χ4n) is 6.98. The highest BCUT2D eigenvalue weighted by atomic mass is 35.5. The number of anilines is 4. The fraction of sp³-hybridized carbons (Fsp3) is 0.522. The molecule has 2 aliphatic heterocycles. The molecule has 0 fully saturated rings. The highest BCUT2D eigenvalue weighted by Gasteiger charge is 2.32. The zero-order chi connectivity index (χ0) is 52.5. The largest absolute Gasteiger partial charge is 0.481 e. The second-order valence-corrected chi connectivity index (χ2v) is 21.3. The maximum Gasteiger partial charge on any atom is 0.320 e. The molecule has 2 aromatic heterocycles. The smallest absolute Gasteiger partial charge is 0.320 e. The first-order valence-electron chi connectivity index (χ1n) is 22.3. The predicted octanol–water partition coefficient (Wildman–Crippen LogP) is 6.89. The van der Waals surface area contributed by atoms with Crippen molar-refractivity contribution in [3.8, 4) is 18.1 Å². The number of fused-ring (bicyclic) bond motifs is 2. The third-order valence-corrected chi connectivity index (χ3v) is 12.4. The molecule has 6 N–H and O–H groups in total. The quantitative estimate of drug-likeness (QED) is 0.0435. The number of carboxylic acids is 1. The number of aromatic nitrogens is 5. The number of rotatable bonds is 16. The van der Waals surface area contributed by atoms with Gasteiger partial charge in [-0.05, 0) is 81.7 Å². The Bertz CT molecular complexity index is 2590. The van der Waals surface area contributed by atoms with Crippen LogP contribution >= 0.6 is 42.1 Å². The Kier molecular flexibility index (Phi) is 23.2. The maximum atomic E-state index is 14.5. The van der Waals surface area contributed by atoms with Crippen molar-refractivity contribution in [2.75, 3.05) is 72.6 Å². The Morgan fingerprint density at radius 1 is 1.20 bits per heavy atom. The lowest BCUT2D eigenvalue weighted by molar-refractivity contribution is -0.138. The number of ether oxygens (including phenoxy) is 2. The number of carboxylic acid groups (broad SMARTS) is 1. The third kappa shape index (κ3) is 17.9. The van der Waals surface area contributed by atoms with Crippen LogP contribution in [0.3, 0.4) is 0 Å². The minimum atomic E-state index is -3.10. The van der Waals surface area contributed by atoms with E-state index >= 15 is 0 Å². The number of carbonyl (C=O) groups is 3. The molecule has 70 heavy (non-hydrogen) atoms. The van der Waals surface area contributed by atoms with Crippen LogP contribution in [-0.4, -0.2) is 122 Å². The van der Waals surface area contributed by atoms with Crippen molar-refractivity contribution in [1.29, 1.82) is 0 Å². The maximum absolute atomic E-state index is 14.5. The van der Waals surface area contributed by atoms with Crippen LogP contribution in [0.5, 0.6) is 5.75 Å². The first-order chi connectivity index (χ1) is 32.9. The number of methoxy groups -OCH3 is 1. The summed E-state index contributed by atoms with van der Waals surface area (Å²) < 4.78 is 42.1. The number of nitrogens with two attached hydrogens (primary N) is 1. The Hall–Kier alpha value is -5.20. The fourth-order valence-corrected chi connectivity index (χ4v) is 8.78. The number of carbonyl (C=O) groups excluding carboxylic acids is 2. The molecule has 2 aromatic carbocycles. The SMILES string of the molecule is C#CCN1C(=O)COc2cc(F)c(/N=c3\snc4n3CC(C)(C)C4)cc21.CCNc1nc(Cl)nc(NC(C)C)n1.CCc1cccc(C)c1N(C(=O)CCl)C(C)COC.CP(=O)(O)CCC(N)C(=O)O. The van der Waals surface area contributed by atoms with E-state index in [0.717, 1.165) is 48.6 Å². The Balaban J connectivity index is 0.000000261. The van der Waals surface area contributed by atoms with Crippen molar-refractivity contribution < 1.29 is 42.8 Å². The molecule has 384 valence electrons. The van der Waals surface area contributed by atoms with Crippen molar-refractivity contribution in [2.45, 2.75) is 99.3 Å². The molecule has 0 bridgehead atoms. The van der Waals surface area contributed by atoms with E-state index < -0.39 is 25.2 Å². The second kappa shape index (κ2) is 27.4. The van der Waals surface area contributed by atoms with E-state index in [1.807, 2.05) is 51.3 Å². The average Bonchev–Trinajstić information content (AvgIpc) is 3.79. The molecule has 0 saturated carbocycles. The molecule has 0 radical (unpaired) electrons. The van der Waals surface area contributed by atoms with Gasteiger partial charge in [0.05, 0.1) is 30.6 Å². The van der Waals surface area contributed by atoms with E-state index in [4.69, 9.17) is 54.8 Å². The van der Waals surface area contributed by atoms with Crippen molar-refractivity contribution in [3.63, 3.8) is 0 Å². The molecule has 3 atom stereocenters. The highest BCUT2D eigenvalue weighted by molar-refractivity contribution is 7.57. The van der Waals surface area contributed by atoms with Crippen molar-refractivity contribution in [2.24, 2.45) is 16.1 Å². The van der Waals surface area contributed by atoms with E-state index in [-0.39, 0.29) is 71.9 Å². The van der Waals surface area contributed by atoms with Crippen LogP contribution in [0.4, 0.5) is 33.3 Å². The van der Waals surface area contributed by atoms with E-state index in [2.05, 4.69) is 67.7 Å². The lowest BCUT2D eigenvalue weighted by Gasteiger charge is -2.31. The molecule has 4 aromatic rings. The number of para-hydroxylation sites is 1.